The first-order chi connectivity index (χ1) is 4.06. The molecule has 0 aromatic heterocycles. The summed E-state index contributed by atoms with van der Waals surface area (Å²) >= 11 is 1.68. The Labute approximate surface area is 72.5 Å². The summed E-state index contributed by atoms with van der Waals surface area (Å²) in [5, 5.41) is 0. The summed E-state index contributed by atoms with van der Waals surface area (Å²) in [6.45, 7) is 6.96. The summed E-state index contributed by atoms with van der Waals surface area (Å²) in [6, 6.07) is 0. The van der Waals surface area contributed by atoms with E-state index in [1.807, 2.05) is 0 Å². The van der Waals surface area contributed by atoms with Crippen molar-refractivity contribution in [2.24, 2.45) is 0 Å². The summed E-state index contributed by atoms with van der Waals surface area (Å²) < 4.78 is 0.641. The zero-order valence-electron chi connectivity index (χ0n) is 6.83. The van der Waals surface area contributed by atoms with Crippen molar-refractivity contribution in [3.8, 4) is 0 Å². The van der Waals surface area contributed by atoms with Crippen LogP contribution in [0.2, 0.25) is 3.43 Å². The molecule has 0 aliphatic rings. The van der Waals surface area contributed by atoms with Crippen molar-refractivity contribution in [2.75, 3.05) is 0 Å². The molecular formula is C8H17Sn. The van der Waals surface area contributed by atoms with Crippen LogP contribution in [0.5, 0.6) is 0 Å². The van der Waals surface area contributed by atoms with Gasteiger partial charge in [-0.15, -0.1) is 0 Å². The third-order valence-electron chi connectivity index (χ3n) is 1.41. The van der Waals surface area contributed by atoms with Crippen LogP contribution < -0.4 is 0 Å². The van der Waals surface area contributed by atoms with Gasteiger partial charge in [0.25, 0.3) is 0 Å². The SMILES string of the molecule is CCCCC[C](C)(C)[Sn]. The summed E-state index contributed by atoms with van der Waals surface area (Å²) in [5.41, 5.74) is 0. The molecule has 0 saturated carbocycles. The van der Waals surface area contributed by atoms with Crippen LogP contribution in [-0.2, 0) is 0 Å². The molecule has 0 heterocycles. The molecule has 0 N–H and O–H groups in total. The van der Waals surface area contributed by atoms with Crippen LogP contribution in [0.1, 0.15) is 46.5 Å². The Morgan fingerprint density at radius 1 is 1.22 bits per heavy atom. The van der Waals surface area contributed by atoms with Crippen molar-refractivity contribution in [3.05, 3.63) is 0 Å². The van der Waals surface area contributed by atoms with E-state index in [1.165, 1.54) is 25.7 Å². The van der Waals surface area contributed by atoms with Crippen LogP contribution in [0, 0.1) is 0 Å². The molecule has 0 rings (SSSR count). The Kier molecular flexibility index (Phi) is 5.00. The molecule has 3 radical (unpaired) electrons. The Hall–Kier alpha value is 0.799. The third kappa shape index (κ3) is 8.80. The summed E-state index contributed by atoms with van der Waals surface area (Å²) in [5.74, 6) is 0. The molecular weight excluding hydrogens is 215 g/mol. The van der Waals surface area contributed by atoms with E-state index in [1.54, 1.807) is 22.5 Å². The fourth-order valence-corrected chi connectivity index (χ4v) is 1.32. The Balaban J connectivity index is 3.07. The minimum atomic E-state index is 0.641. The standard InChI is InChI=1S/C8H17.Sn/c1-4-5-6-7-8(2)3;/h4-7H2,1-3H3;. The molecule has 0 aromatic carbocycles. The van der Waals surface area contributed by atoms with Gasteiger partial charge in [0.1, 0.15) is 0 Å². The van der Waals surface area contributed by atoms with Crippen molar-refractivity contribution in [2.45, 2.75) is 49.9 Å². The molecule has 0 spiro atoms. The quantitative estimate of drug-likeness (QED) is 0.516. The molecule has 0 aromatic rings. The average Bonchev–Trinajstić information content (AvgIpc) is 1.63. The molecule has 53 valence electrons. The van der Waals surface area contributed by atoms with Gasteiger partial charge in [-0.2, -0.15) is 0 Å². The van der Waals surface area contributed by atoms with Crippen LogP contribution in [-0.4, -0.2) is 22.5 Å². The van der Waals surface area contributed by atoms with Crippen LogP contribution in [0.4, 0.5) is 0 Å². The van der Waals surface area contributed by atoms with Gasteiger partial charge in [0.05, 0.1) is 0 Å². The minimum absolute atomic E-state index is 0.641. The van der Waals surface area contributed by atoms with Gasteiger partial charge in [-0.25, -0.2) is 0 Å². The topological polar surface area (TPSA) is 0 Å². The van der Waals surface area contributed by atoms with E-state index in [9.17, 15) is 0 Å². The summed E-state index contributed by atoms with van der Waals surface area (Å²) in [7, 11) is 0. The summed E-state index contributed by atoms with van der Waals surface area (Å²) in [6.07, 6.45) is 5.61. The van der Waals surface area contributed by atoms with Crippen molar-refractivity contribution < 1.29 is 0 Å². The van der Waals surface area contributed by atoms with Crippen LogP contribution in [0.25, 0.3) is 0 Å². The Morgan fingerprint density at radius 3 is 2.11 bits per heavy atom. The van der Waals surface area contributed by atoms with Crippen molar-refractivity contribution in [1.82, 2.24) is 0 Å². The van der Waals surface area contributed by atoms with E-state index < -0.39 is 0 Å². The van der Waals surface area contributed by atoms with E-state index in [2.05, 4.69) is 20.8 Å². The van der Waals surface area contributed by atoms with Crippen LogP contribution >= 0.6 is 0 Å². The second-order valence-electron chi connectivity index (χ2n) is 3.34. The van der Waals surface area contributed by atoms with Gasteiger partial charge in [0.15, 0.2) is 0 Å². The molecule has 9 heavy (non-hydrogen) atoms. The number of hydrogen-bond donors (Lipinski definition) is 0. The third-order valence-corrected chi connectivity index (χ3v) is 2.12. The molecule has 1 heteroatoms. The van der Waals surface area contributed by atoms with Gasteiger partial charge < -0.3 is 0 Å². The van der Waals surface area contributed by atoms with Gasteiger partial charge in [-0.05, 0) is 0 Å². The zero-order chi connectivity index (χ0) is 7.33. The first-order valence-corrected chi connectivity index (χ1v) is 5.24. The molecule has 0 nitrogen and oxygen atoms in total. The Bertz CT molecular complexity index is 61.5. The molecule has 0 aliphatic carbocycles. The van der Waals surface area contributed by atoms with E-state index in [-0.39, 0.29) is 0 Å². The van der Waals surface area contributed by atoms with E-state index in [0.717, 1.165) is 0 Å². The van der Waals surface area contributed by atoms with E-state index in [4.69, 9.17) is 0 Å². The summed E-state index contributed by atoms with van der Waals surface area (Å²) in [4.78, 5) is 0. The first-order valence-electron chi connectivity index (χ1n) is 3.81. The van der Waals surface area contributed by atoms with Gasteiger partial charge in [0.2, 0.25) is 0 Å². The van der Waals surface area contributed by atoms with Crippen molar-refractivity contribution in [1.29, 1.82) is 0 Å². The van der Waals surface area contributed by atoms with Crippen LogP contribution in [0.3, 0.4) is 0 Å². The predicted octanol–water partition coefficient (Wildman–Crippen LogP) is 2.93. The second kappa shape index (κ2) is 4.59. The first kappa shape index (κ1) is 9.80. The van der Waals surface area contributed by atoms with Gasteiger partial charge in [0, 0.05) is 0 Å². The normalized spacial score (nSPS) is 12.0. The molecule has 0 aliphatic heterocycles. The fourth-order valence-electron chi connectivity index (χ4n) is 0.817. The maximum absolute atomic E-state index is 2.35. The van der Waals surface area contributed by atoms with Gasteiger partial charge in [-0.1, -0.05) is 0 Å². The molecule has 0 amide bonds. The monoisotopic (exact) mass is 233 g/mol. The molecule has 0 atom stereocenters. The average molecular weight is 232 g/mol. The van der Waals surface area contributed by atoms with Gasteiger partial charge >= 0.3 is 72.4 Å². The second-order valence-corrected chi connectivity index (χ2v) is 7.20. The van der Waals surface area contributed by atoms with E-state index >= 15 is 0 Å². The molecule has 0 bridgehead atoms. The number of hydrogen-bond acceptors (Lipinski definition) is 0. The zero-order valence-corrected chi connectivity index (χ0v) is 9.68. The number of rotatable bonds is 4. The van der Waals surface area contributed by atoms with Crippen molar-refractivity contribution in [3.63, 3.8) is 0 Å². The number of unbranched alkanes of at least 4 members (excludes halogenated alkanes) is 2. The Morgan fingerprint density at radius 2 is 1.78 bits per heavy atom. The maximum atomic E-state index is 2.35. The fraction of sp³-hybridized carbons (Fsp3) is 1.00. The predicted molar refractivity (Wildman–Crippen MR) is 43.9 cm³/mol. The van der Waals surface area contributed by atoms with E-state index in [0.29, 0.717) is 3.43 Å². The van der Waals surface area contributed by atoms with Gasteiger partial charge in [-0.3, -0.25) is 0 Å². The molecule has 0 saturated heterocycles. The van der Waals surface area contributed by atoms with Crippen LogP contribution in [0.15, 0.2) is 0 Å². The molecule has 0 fully saturated rings. The molecule has 0 unspecified atom stereocenters. The van der Waals surface area contributed by atoms with Crippen molar-refractivity contribution >= 4 is 22.5 Å².